The van der Waals surface area contributed by atoms with Gasteiger partial charge in [0.15, 0.2) is 0 Å². The zero-order chi connectivity index (χ0) is 13.9. The molecule has 0 aromatic heterocycles. The first-order chi connectivity index (χ1) is 9.13. The monoisotopic (exact) mass is 281 g/mol. The molecular weight excluding hydrogens is 258 g/mol. The third-order valence-electron chi connectivity index (χ3n) is 4.75. The number of hydrogen-bond donors (Lipinski definition) is 2. The molecule has 19 heavy (non-hydrogen) atoms. The van der Waals surface area contributed by atoms with E-state index in [9.17, 15) is 5.11 Å². The summed E-state index contributed by atoms with van der Waals surface area (Å²) in [5.41, 5.74) is 6.66. The maximum absolute atomic E-state index is 10.8. The molecule has 1 aromatic carbocycles. The summed E-state index contributed by atoms with van der Waals surface area (Å²) in [6.45, 7) is 2.75. The van der Waals surface area contributed by atoms with Crippen molar-refractivity contribution in [2.24, 2.45) is 17.1 Å². The maximum Gasteiger partial charge on any atom is 0.0872 e. The van der Waals surface area contributed by atoms with Gasteiger partial charge in [-0.3, -0.25) is 0 Å². The molecule has 3 heteroatoms. The van der Waals surface area contributed by atoms with Crippen LogP contribution in [0.1, 0.15) is 50.7 Å². The third-order valence-corrected chi connectivity index (χ3v) is 5.09. The van der Waals surface area contributed by atoms with Crippen molar-refractivity contribution in [1.82, 2.24) is 0 Å². The van der Waals surface area contributed by atoms with Crippen molar-refractivity contribution in [2.75, 3.05) is 6.54 Å². The van der Waals surface area contributed by atoms with Crippen LogP contribution in [0.4, 0.5) is 0 Å². The van der Waals surface area contributed by atoms with Gasteiger partial charge in [0.05, 0.1) is 6.10 Å². The Bertz CT molecular complexity index is 423. The predicted octanol–water partition coefficient (Wildman–Crippen LogP) is 3.92. The predicted molar refractivity (Wildman–Crippen MR) is 80.1 cm³/mol. The molecule has 0 aliphatic heterocycles. The van der Waals surface area contributed by atoms with Crippen LogP contribution in [-0.2, 0) is 0 Å². The van der Waals surface area contributed by atoms with E-state index in [1.54, 1.807) is 0 Å². The minimum absolute atomic E-state index is 0.204. The second-order valence-electron chi connectivity index (χ2n) is 5.86. The van der Waals surface area contributed by atoms with Gasteiger partial charge in [-0.25, -0.2) is 0 Å². The Morgan fingerprint density at radius 2 is 2.21 bits per heavy atom. The van der Waals surface area contributed by atoms with Gasteiger partial charge in [0, 0.05) is 17.0 Å². The highest BCUT2D eigenvalue weighted by atomic mass is 35.5. The summed E-state index contributed by atoms with van der Waals surface area (Å²) in [6.07, 6.45) is 5.01. The Morgan fingerprint density at radius 3 is 2.84 bits per heavy atom. The molecule has 3 unspecified atom stereocenters. The SMILES string of the molecule is CCC1CCCC(CN)(C(O)c2ccccc2Cl)C1. The van der Waals surface area contributed by atoms with Gasteiger partial charge >= 0.3 is 0 Å². The van der Waals surface area contributed by atoms with Gasteiger partial charge in [-0.05, 0) is 30.4 Å². The van der Waals surface area contributed by atoms with E-state index in [2.05, 4.69) is 6.92 Å². The number of aliphatic hydroxyl groups is 1. The Balaban J connectivity index is 2.28. The van der Waals surface area contributed by atoms with E-state index in [1.165, 1.54) is 6.42 Å². The molecule has 2 nitrogen and oxygen atoms in total. The molecule has 0 saturated heterocycles. The van der Waals surface area contributed by atoms with Gasteiger partial charge in [0.1, 0.15) is 0 Å². The quantitative estimate of drug-likeness (QED) is 0.879. The zero-order valence-corrected chi connectivity index (χ0v) is 12.4. The lowest BCUT2D eigenvalue weighted by atomic mass is 9.64. The van der Waals surface area contributed by atoms with E-state index in [1.807, 2.05) is 24.3 Å². The number of nitrogens with two attached hydrogens (primary N) is 1. The molecule has 1 fully saturated rings. The standard InChI is InChI=1S/C16H24ClNO/c1-2-12-6-5-9-16(10-12,11-18)15(19)13-7-3-4-8-14(13)17/h3-4,7-8,12,15,19H,2,5-6,9-11,18H2,1H3. The van der Waals surface area contributed by atoms with Gasteiger partial charge in [-0.15, -0.1) is 0 Å². The lowest BCUT2D eigenvalue weighted by molar-refractivity contribution is -0.0161. The molecule has 0 heterocycles. The number of benzene rings is 1. The summed E-state index contributed by atoms with van der Waals surface area (Å²) >= 11 is 6.23. The molecule has 0 bridgehead atoms. The summed E-state index contributed by atoms with van der Waals surface area (Å²) in [7, 11) is 0. The molecule has 0 spiro atoms. The maximum atomic E-state index is 10.8. The topological polar surface area (TPSA) is 46.2 Å². The van der Waals surface area contributed by atoms with Crippen molar-refractivity contribution >= 4 is 11.6 Å². The molecule has 1 aromatic rings. The van der Waals surface area contributed by atoms with E-state index in [4.69, 9.17) is 17.3 Å². The zero-order valence-electron chi connectivity index (χ0n) is 11.6. The lowest BCUT2D eigenvalue weighted by Crippen LogP contribution is -2.41. The molecule has 1 aliphatic carbocycles. The second-order valence-corrected chi connectivity index (χ2v) is 6.27. The number of hydrogen-bond acceptors (Lipinski definition) is 2. The van der Waals surface area contributed by atoms with Crippen LogP contribution in [-0.4, -0.2) is 11.7 Å². The Labute approximate surface area is 121 Å². The molecule has 2 rings (SSSR count). The summed E-state index contributed by atoms with van der Waals surface area (Å²) in [5, 5.41) is 11.5. The van der Waals surface area contributed by atoms with Crippen molar-refractivity contribution in [3.63, 3.8) is 0 Å². The van der Waals surface area contributed by atoms with E-state index >= 15 is 0 Å². The van der Waals surface area contributed by atoms with E-state index < -0.39 is 6.10 Å². The van der Waals surface area contributed by atoms with Gasteiger partial charge in [0.2, 0.25) is 0 Å². The van der Waals surface area contributed by atoms with E-state index in [0.717, 1.165) is 31.2 Å². The van der Waals surface area contributed by atoms with Crippen molar-refractivity contribution in [3.05, 3.63) is 34.9 Å². The highest BCUT2D eigenvalue weighted by molar-refractivity contribution is 6.31. The van der Waals surface area contributed by atoms with Crippen LogP contribution in [0.5, 0.6) is 0 Å². The van der Waals surface area contributed by atoms with Crippen LogP contribution in [0.15, 0.2) is 24.3 Å². The van der Waals surface area contributed by atoms with Crippen LogP contribution < -0.4 is 5.73 Å². The molecule has 0 radical (unpaired) electrons. The average Bonchev–Trinajstić information content (AvgIpc) is 2.47. The number of aliphatic hydroxyl groups excluding tert-OH is 1. The summed E-state index contributed by atoms with van der Waals surface area (Å²) in [6, 6.07) is 7.57. The fraction of sp³-hybridized carbons (Fsp3) is 0.625. The second kappa shape index (κ2) is 6.25. The summed E-state index contributed by atoms with van der Waals surface area (Å²) in [4.78, 5) is 0. The molecule has 106 valence electrons. The molecule has 1 aliphatic rings. The number of rotatable bonds is 4. The highest BCUT2D eigenvalue weighted by Gasteiger charge is 2.41. The molecular formula is C16H24ClNO. The van der Waals surface area contributed by atoms with Gasteiger partial charge in [-0.2, -0.15) is 0 Å². The van der Waals surface area contributed by atoms with Gasteiger partial charge in [0.25, 0.3) is 0 Å². The molecule has 3 N–H and O–H groups in total. The van der Waals surface area contributed by atoms with Crippen LogP contribution in [0, 0.1) is 11.3 Å². The minimum Gasteiger partial charge on any atom is -0.388 e. The average molecular weight is 282 g/mol. The molecule has 1 saturated carbocycles. The molecule has 3 atom stereocenters. The van der Waals surface area contributed by atoms with Crippen LogP contribution in [0.3, 0.4) is 0 Å². The van der Waals surface area contributed by atoms with E-state index in [-0.39, 0.29) is 5.41 Å². The first-order valence-electron chi connectivity index (χ1n) is 7.25. The first kappa shape index (κ1) is 14.8. The van der Waals surface area contributed by atoms with Crippen LogP contribution in [0.25, 0.3) is 0 Å². The van der Waals surface area contributed by atoms with Crippen LogP contribution >= 0.6 is 11.6 Å². The van der Waals surface area contributed by atoms with Gasteiger partial charge < -0.3 is 10.8 Å². The van der Waals surface area contributed by atoms with Crippen LogP contribution in [0.2, 0.25) is 5.02 Å². The fourth-order valence-electron chi connectivity index (χ4n) is 3.44. The van der Waals surface area contributed by atoms with Gasteiger partial charge in [-0.1, -0.05) is 56.0 Å². The lowest BCUT2D eigenvalue weighted by Gasteiger charge is -2.43. The van der Waals surface area contributed by atoms with Crippen molar-refractivity contribution in [3.8, 4) is 0 Å². The summed E-state index contributed by atoms with van der Waals surface area (Å²) < 4.78 is 0. The van der Waals surface area contributed by atoms with E-state index in [0.29, 0.717) is 17.5 Å². The van der Waals surface area contributed by atoms with Crippen molar-refractivity contribution in [1.29, 1.82) is 0 Å². The van der Waals surface area contributed by atoms with Crippen molar-refractivity contribution in [2.45, 2.75) is 45.1 Å². The number of halogens is 1. The largest absolute Gasteiger partial charge is 0.388 e. The Kier molecular flexibility index (Phi) is 4.88. The normalized spacial score (nSPS) is 29.2. The fourth-order valence-corrected chi connectivity index (χ4v) is 3.68. The molecule has 0 amide bonds. The minimum atomic E-state index is -0.555. The smallest absolute Gasteiger partial charge is 0.0872 e. The Morgan fingerprint density at radius 1 is 1.47 bits per heavy atom. The Hall–Kier alpha value is -0.570. The highest BCUT2D eigenvalue weighted by Crippen LogP contribution is 2.49. The summed E-state index contributed by atoms with van der Waals surface area (Å²) in [5.74, 6) is 0.675. The first-order valence-corrected chi connectivity index (χ1v) is 7.63. The third kappa shape index (κ3) is 2.96. The van der Waals surface area contributed by atoms with Crippen molar-refractivity contribution < 1.29 is 5.11 Å².